The number of nitrogens with zero attached hydrogens (tertiary/aromatic N) is 2. The van der Waals surface area contributed by atoms with E-state index in [0.29, 0.717) is 0 Å². The van der Waals surface area contributed by atoms with Gasteiger partial charge < -0.3 is 9.47 Å². The average molecular weight is 885 g/mol. The SMILES string of the molecule is CC1(C)c2ccccc2-c2ccc(N(c3ccc(-c4ccccc4)cc3)c3cccc4c3-c3cc5c(cc3C4(C)C)-c3c(ccc4c(-n6c7ccccc7c7ccccc76)cccc34)C5(C)C)cc21. The van der Waals surface area contributed by atoms with Gasteiger partial charge in [-0.15, -0.1) is 0 Å². The molecular formula is C67H52N2. The maximum absolute atomic E-state index is 2.59. The quantitative estimate of drug-likeness (QED) is 0.167. The Kier molecular flexibility index (Phi) is 8.18. The minimum atomic E-state index is -0.244. The second-order valence-electron chi connectivity index (χ2n) is 21.3. The number of hydrogen-bond acceptors (Lipinski definition) is 1. The molecule has 0 aliphatic heterocycles. The monoisotopic (exact) mass is 884 g/mol. The standard InChI is InChI=1S/C67H52N2/c1-65(2)53-24-13-10-20-45(53)46-35-34-44(38-56(46)65)68(43-32-30-42(31-33-43)41-18-8-7-9-19-41)62-29-17-25-54-64(62)52-40-57-51(39-58(52)66(54,3)4)63-50-23-16-28-61(49(50)36-37-55(63)67(57,5)6)69-59-26-14-11-21-47(59)48-22-12-15-27-60(48)69/h7-40H,1-6H3. The molecule has 2 nitrogen and oxygen atoms in total. The van der Waals surface area contributed by atoms with Crippen molar-refractivity contribution in [3.63, 3.8) is 0 Å². The maximum Gasteiger partial charge on any atom is 0.0543 e. The number of hydrogen-bond donors (Lipinski definition) is 0. The Morgan fingerprint density at radius 1 is 0.319 bits per heavy atom. The van der Waals surface area contributed by atoms with Crippen molar-refractivity contribution in [2.24, 2.45) is 0 Å². The van der Waals surface area contributed by atoms with Gasteiger partial charge >= 0.3 is 0 Å². The van der Waals surface area contributed by atoms with E-state index in [4.69, 9.17) is 0 Å². The smallest absolute Gasteiger partial charge is 0.0543 e. The summed E-state index contributed by atoms with van der Waals surface area (Å²) in [6.07, 6.45) is 0. The van der Waals surface area contributed by atoms with Crippen molar-refractivity contribution >= 4 is 49.6 Å². The van der Waals surface area contributed by atoms with E-state index in [9.17, 15) is 0 Å². The summed E-state index contributed by atoms with van der Waals surface area (Å²) in [5, 5.41) is 5.14. The molecule has 14 rings (SSSR count). The van der Waals surface area contributed by atoms with Crippen LogP contribution in [0.2, 0.25) is 0 Å². The third-order valence-corrected chi connectivity index (χ3v) is 16.6. The summed E-state index contributed by atoms with van der Waals surface area (Å²) in [5.41, 5.74) is 25.4. The first-order chi connectivity index (χ1) is 33.5. The lowest BCUT2D eigenvalue weighted by atomic mass is 9.79. The molecular weight excluding hydrogens is 833 g/mol. The van der Waals surface area contributed by atoms with Gasteiger partial charge in [-0.25, -0.2) is 0 Å². The molecule has 3 aliphatic rings. The molecule has 10 aromatic carbocycles. The summed E-state index contributed by atoms with van der Waals surface area (Å²) in [5.74, 6) is 0. The Morgan fingerprint density at radius 3 is 1.57 bits per heavy atom. The van der Waals surface area contributed by atoms with Crippen LogP contribution in [0.25, 0.3) is 82.8 Å². The summed E-state index contributed by atoms with van der Waals surface area (Å²) in [6, 6.07) is 77.7. The lowest BCUT2D eigenvalue weighted by Gasteiger charge is -2.30. The van der Waals surface area contributed by atoms with Crippen molar-refractivity contribution in [1.82, 2.24) is 4.57 Å². The fraction of sp³-hybridized carbons (Fsp3) is 0.134. The van der Waals surface area contributed by atoms with Crippen LogP contribution in [0.5, 0.6) is 0 Å². The summed E-state index contributed by atoms with van der Waals surface area (Å²) < 4.78 is 2.48. The lowest BCUT2D eigenvalue weighted by molar-refractivity contribution is 0.652. The first-order valence-electron chi connectivity index (χ1n) is 24.6. The van der Waals surface area contributed by atoms with Gasteiger partial charge in [-0.05, 0) is 138 Å². The van der Waals surface area contributed by atoms with Crippen LogP contribution in [-0.2, 0) is 16.2 Å². The molecule has 3 aliphatic carbocycles. The van der Waals surface area contributed by atoms with E-state index >= 15 is 0 Å². The normalized spacial score (nSPS) is 15.2. The Hall–Kier alpha value is -7.94. The second kappa shape index (κ2) is 14.1. The molecule has 330 valence electrons. The van der Waals surface area contributed by atoms with Crippen molar-refractivity contribution in [2.45, 2.75) is 57.8 Å². The van der Waals surface area contributed by atoms with E-state index in [1.165, 1.54) is 128 Å². The minimum Gasteiger partial charge on any atom is -0.310 e. The zero-order chi connectivity index (χ0) is 46.6. The van der Waals surface area contributed by atoms with Crippen molar-refractivity contribution < 1.29 is 0 Å². The van der Waals surface area contributed by atoms with Gasteiger partial charge in [-0.3, -0.25) is 0 Å². The Morgan fingerprint density at radius 2 is 0.841 bits per heavy atom. The van der Waals surface area contributed by atoms with Gasteiger partial charge in [-0.2, -0.15) is 0 Å². The number of fused-ring (bicyclic) bond motifs is 14. The molecule has 0 saturated heterocycles. The third kappa shape index (κ3) is 5.43. The lowest BCUT2D eigenvalue weighted by Crippen LogP contribution is -2.17. The summed E-state index contributed by atoms with van der Waals surface area (Å²) >= 11 is 0. The molecule has 0 saturated carbocycles. The van der Waals surface area contributed by atoms with Crippen molar-refractivity contribution in [3.05, 3.63) is 240 Å². The van der Waals surface area contributed by atoms with Crippen molar-refractivity contribution in [3.8, 4) is 50.2 Å². The molecule has 0 atom stereocenters. The zero-order valence-corrected chi connectivity index (χ0v) is 40.0. The van der Waals surface area contributed by atoms with E-state index < -0.39 is 0 Å². The van der Waals surface area contributed by atoms with Crippen molar-refractivity contribution in [1.29, 1.82) is 0 Å². The number of para-hydroxylation sites is 2. The largest absolute Gasteiger partial charge is 0.310 e. The average Bonchev–Trinajstić information content (AvgIpc) is 4.00. The topological polar surface area (TPSA) is 8.17 Å². The highest BCUT2D eigenvalue weighted by molar-refractivity contribution is 6.12. The maximum atomic E-state index is 2.59. The van der Waals surface area contributed by atoms with Gasteiger partial charge in [0.05, 0.1) is 22.4 Å². The summed E-state index contributed by atoms with van der Waals surface area (Å²) in [4.78, 5) is 2.54. The first-order valence-corrected chi connectivity index (χ1v) is 24.6. The summed E-state index contributed by atoms with van der Waals surface area (Å²) in [6.45, 7) is 14.5. The Labute approximate surface area is 404 Å². The van der Waals surface area contributed by atoms with Crippen molar-refractivity contribution in [2.75, 3.05) is 4.90 Å². The van der Waals surface area contributed by atoms with Gasteiger partial charge in [0.15, 0.2) is 0 Å². The molecule has 2 heteroatoms. The molecule has 11 aromatic rings. The zero-order valence-electron chi connectivity index (χ0n) is 40.0. The van der Waals surface area contributed by atoms with Crippen LogP contribution in [0.4, 0.5) is 17.1 Å². The van der Waals surface area contributed by atoms with Gasteiger partial charge in [0.25, 0.3) is 0 Å². The van der Waals surface area contributed by atoms with Gasteiger partial charge in [0.2, 0.25) is 0 Å². The molecule has 0 fully saturated rings. The highest BCUT2D eigenvalue weighted by Crippen LogP contribution is 2.60. The molecule has 1 aromatic heterocycles. The van der Waals surface area contributed by atoms with Crippen LogP contribution in [0.1, 0.15) is 74.9 Å². The molecule has 0 spiro atoms. The van der Waals surface area contributed by atoms with Gasteiger partial charge in [0.1, 0.15) is 0 Å². The van der Waals surface area contributed by atoms with Crippen LogP contribution < -0.4 is 4.90 Å². The number of anilines is 3. The van der Waals surface area contributed by atoms with Crippen LogP contribution >= 0.6 is 0 Å². The Bertz CT molecular complexity index is 3920. The van der Waals surface area contributed by atoms with E-state index in [1.807, 2.05) is 0 Å². The minimum absolute atomic E-state index is 0.131. The molecule has 1 heterocycles. The number of benzene rings is 10. The van der Waals surface area contributed by atoms with E-state index in [1.54, 1.807) is 0 Å². The molecule has 0 bridgehead atoms. The van der Waals surface area contributed by atoms with Crippen LogP contribution in [0.3, 0.4) is 0 Å². The molecule has 0 amide bonds. The van der Waals surface area contributed by atoms with E-state index in [2.05, 4.69) is 257 Å². The highest BCUT2D eigenvalue weighted by Gasteiger charge is 2.44. The highest BCUT2D eigenvalue weighted by atomic mass is 15.1. The van der Waals surface area contributed by atoms with Crippen LogP contribution in [0, 0.1) is 0 Å². The van der Waals surface area contributed by atoms with E-state index in [0.717, 1.165) is 5.69 Å². The Balaban J connectivity index is 0.970. The molecule has 69 heavy (non-hydrogen) atoms. The molecule has 0 radical (unpaired) electrons. The van der Waals surface area contributed by atoms with E-state index in [-0.39, 0.29) is 16.2 Å². The third-order valence-electron chi connectivity index (χ3n) is 16.6. The number of aromatic nitrogens is 1. The van der Waals surface area contributed by atoms with Gasteiger partial charge in [-0.1, -0.05) is 187 Å². The van der Waals surface area contributed by atoms with Gasteiger partial charge in [0, 0.05) is 49.3 Å². The predicted octanol–water partition coefficient (Wildman–Crippen LogP) is 18.0. The fourth-order valence-electron chi connectivity index (χ4n) is 13.1. The molecule has 0 unspecified atom stereocenters. The predicted molar refractivity (Wildman–Crippen MR) is 291 cm³/mol. The number of rotatable bonds is 5. The molecule has 0 N–H and O–H groups in total. The first kappa shape index (κ1) is 40.2. The summed E-state index contributed by atoms with van der Waals surface area (Å²) in [7, 11) is 0. The van der Waals surface area contributed by atoms with Crippen LogP contribution in [-0.4, -0.2) is 4.57 Å². The second-order valence-corrected chi connectivity index (χ2v) is 21.3. The fourth-order valence-corrected chi connectivity index (χ4v) is 13.1. The van der Waals surface area contributed by atoms with Crippen LogP contribution in [0.15, 0.2) is 206 Å².